The van der Waals surface area contributed by atoms with Crippen molar-refractivity contribution < 1.29 is 4.74 Å². The summed E-state index contributed by atoms with van der Waals surface area (Å²) in [6.45, 7) is 9.14. The molecule has 1 aromatic rings. The first kappa shape index (κ1) is 15.4. The molecule has 1 aliphatic carbocycles. The summed E-state index contributed by atoms with van der Waals surface area (Å²) < 4.78 is 6.19. The molecule has 2 nitrogen and oxygen atoms in total. The standard InChI is InChI=1S/C18H29NO/c1-5-17(19)14-6-8-15(9-7-14)20-16-10-13(2)11-18(3,4)12-16/h6-9,13,16-17H,5,10-12,19H2,1-4H3. The predicted molar refractivity (Wildman–Crippen MR) is 84.9 cm³/mol. The molecule has 0 radical (unpaired) electrons. The SMILES string of the molecule is CCC(N)c1ccc(OC2CC(C)CC(C)(C)C2)cc1. The van der Waals surface area contributed by atoms with E-state index in [0.717, 1.165) is 24.5 Å². The largest absolute Gasteiger partial charge is 0.490 e. The van der Waals surface area contributed by atoms with E-state index >= 15 is 0 Å². The maximum atomic E-state index is 6.19. The van der Waals surface area contributed by atoms with Crippen molar-refractivity contribution in [2.75, 3.05) is 0 Å². The van der Waals surface area contributed by atoms with E-state index in [0.29, 0.717) is 11.5 Å². The Morgan fingerprint density at radius 1 is 1.25 bits per heavy atom. The molecule has 0 bridgehead atoms. The molecule has 2 N–H and O–H groups in total. The van der Waals surface area contributed by atoms with Crippen molar-refractivity contribution in [3.8, 4) is 5.75 Å². The Labute approximate surface area is 123 Å². The van der Waals surface area contributed by atoms with Gasteiger partial charge in [0.15, 0.2) is 0 Å². The van der Waals surface area contributed by atoms with Crippen LogP contribution in [-0.4, -0.2) is 6.10 Å². The third-order valence-electron chi connectivity index (χ3n) is 4.40. The molecule has 1 aliphatic rings. The minimum atomic E-state index is 0.137. The molecule has 1 aromatic carbocycles. The second-order valence-corrected chi connectivity index (χ2v) is 7.24. The van der Waals surface area contributed by atoms with Crippen molar-refractivity contribution in [2.45, 2.75) is 65.5 Å². The molecule has 0 aromatic heterocycles. The summed E-state index contributed by atoms with van der Waals surface area (Å²) in [6, 6.07) is 8.47. The maximum absolute atomic E-state index is 6.19. The average molecular weight is 275 g/mol. The summed E-state index contributed by atoms with van der Waals surface area (Å²) >= 11 is 0. The normalized spacial score (nSPS) is 27.1. The second kappa shape index (κ2) is 6.17. The maximum Gasteiger partial charge on any atom is 0.119 e. The Morgan fingerprint density at radius 2 is 1.90 bits per heavy atom. The lowest BCUT2D eigenvalue weighted by molar-refractivity contribution is 0.0562. The highest BCUT2D eigenvalue weighted by Crippen LogP contribution is 2.40. The lowest BCUT2D eigenvalue weighted by Crippen LogP contribution is -2.34. The van der Waals surface area contributed by atoms with Crippen molar-refractivity contribution in [1.29, 1.82) is 0 Å². The zero-order valence-electron chi connectivity index (χ0n) is 13.4. The number of rotatable bonds is 4. The molecule has 2 heteroatoms. The molecule has 1 fully saturated rings. The van der Waals surface area contributed by atoms with E-state index in [1.807, 2.05) is 0 Å². The first-order chi connectivity index (χ1) is 9.39. The Hall–Kier alpha value is -1.02. The summed E-state index contributed by atoms with van der Waals surface area (Å²) in [5, 5.41) is 0. The number of nitrogens with two attached hydrogens (primary N) is 1. The molecule has 2 rings (SSSR count). The third kappa shape index (κ3) is 3.99. The molecular formula is C18H29NO. The van der Waals surface area contributed by atoms with Crippen molar-refractivity contribution >= 4 is 0 Å². The highest BCUT2D eigenvalue weighted by atomic mass is 16.5. The topological polar surface area (TPSA) is 35.2 Å². The van der Waals surface area contributed by atoms with Crippen LogP contribution in [0.25, 0.3) is 0 Å². The molecule has 0 amide bonds. The summed E-state index contributed by atoms with van der Waals surface area (Å²) in [5.41, 5.74) is 7.63. The van der Waals surface area contributed by atoms with Crippen LogP contribution < -0.4 is 10.5 Å². The number of hydrogen-bond donors (Lipinski definition) is 1. The zero-order chi connectivity index (χ0) is 14.8. The lowest BCUT2D eigenvalue weighted by atomic mass is 9.71. The van der Waals surface area contributed by atoms with Crippen molar-refractivity contribution in [3.63, 3.8) is 0 Å². The molecule has 3 unspecified atom stereocenters. The Bertz CT molecular complexity index is 424. The van der Waals surface area contributed by atoms with Gasteiger partial charge in [0, 0.05) is 6.04 Å². The van der Waals surface area contributed by atoms with Gasteiger partial charge in [0.2, 0.25) is 0 Å². The van der Waals surface area contributed by atoms with Crippen LogP contribution in [0.4, 0.5) is 0 Å². The zero-order valence-corrected chi connectivity index (χ0v) is 13.4. The van der Waals surface area contributed by atoms with Gasteiger partial charge in [-0.05, 0) is 54.7 Å². The fourth-order valence-corrected chi connectivity index (χ4v) is 3.57. The van der Waals surface area contributed by atoms with E-state index < -0.39 is 0 Å². The minimum Gasteiger partial charge on any atom is -0.490 e. The molecule has 0 saturated heterocycles. The van der Waals surface area contributed by atoms with Crippen LogP contribution in [0.2, 0.25) is 0 Å². The lowest BCUT2D eigenvalue weighted by Gasteiger charge is -2.38. The molecule has 0 spiro atoms. The summed E-state index contributed by atoms with van der Waals surface area (Å²) in [7, 11) is 0. The van der Waals surface area contributed by atoms with Gasteiger partial charge >= 0.3 is 0 Å². The van der Waals surface area contributed by atoms with E-state index in [4.69, 9.17) is 10.5 Å². The van der Waals surface area contributed by atoms with Gasteiger partial charge in [0.05, 0.1) is 6.10 Å². The minimum absolute atomic E-state index is 0.137. The van der Waals surface area contributed by atoms with Crippen LogP contribution in [0.15, 0.2) is 24.3 Å². The van der Waals surface area contributed by atoms with E-state index in [9.17, 15) is 0 Å². The highest BCUT2D eigenvalue weighted by molar-refractivity contribution is 5.29. The van der Waals surface area contributed by atoms with Gasteiger partial charge in [-0.25, -0.2) is 0 Å². The van der Waals surface area contributed by atoms with Gasteiger partial charge in [0.25, 0.3) is 0 Å². The Balaban J connectivity index is 1.99. The van der Waals surface area contributed by atoms with E-state index in [1.165, 1.54) is 18.4 Å². The molecule has 0 aliphatic heterocycles. The van der Waals surface area contributed by atoms with E-state index in [1.54, 1.807) is 0 Å². The number of ether oxygens (including phenoxy) is 1. The van der Waals surface area contributed by atoms with Gasteiger partial charge in [-0.3, -0.25) is 0 Å². The molecule has 112 valence electrons. The van der Waals surface area contributed by atoms with E-state index in [-0.39, 0.29) is 6.04 Å². The molecule has 1 saturated carbocycles. The van der Waals surface area contributed by atoms with Crippen LogP contribution >= 0.6 is 0 Å². The Morgan fingerprint density at radius 3 is 2.45 bits per heavy atom. The fourth-order valence-electron chi connectivity index (χ4n) is 3.57. The molecular weight excluding hydrogens is 246 g/mol. The number of benzene rings is 1. The van der Waals surface area contributed by atoms with Gasteiger partial charge < -0.3 is 10.5 Å². The van der Waals surface area contributed by atoms with Crippen molar-refractivity contribution in [2.24, 2.45) is 17.1 Å². The average Bonchev–Trinajstić information content (AvgIpc) is 2.36. The van der Waals surface area contributed by atoms with Crippen molar-refractivity contribution in [1.82, 2.24) is 0 Å². The smallest absolute Gasteiger partial charge is 0.119 e. The van der Waals surface area contributed by atoms with Crippen LogP contribution in [0.1, 0.15) is 65.0 Å². The number of hydrogen-bond acceptors (Lipinski definition) is 2. The van der Waals surface area contributed by atoms with Crippen LogP contribution in [0, 0.1) is 11.3 Å². The van der Waals surface area contributed by atoms with Crippen molar-refractivity contribution in [3.05, 3.63) is 29.8 Å². The highest BCUT2D eigenvalue weighted by Gasteiger charge is 2.33. The predicted octanol–water partition coefficient (Wildman–Crippen LogP) is 4.69. The van der Waals surface area contributed by atoms with Gasteiger partial charge in [-0.2, -0.15) is 0 Å². The van der Waals surface area contributed by atoms with Gasteiger partial charge in [-0.15, -0.1) is 0 Å². The Kier molecular flexibility index (Phi) is 4.74. The van der Waals surface area contributed by atoms with Crippen LogP contribution in [0.5, 0.6) is 5.75 Å². The monoisotopic (exact) mass is 275 g/mol. The first-order valence-electron chi connectivity index (χ1n) is 7.92. The molecule has 3 atom stereocenters. The van der Waals surface area contributed by atoms with Gasteiger partial charge in [-0.1, -0.05) is 39.8 Å². The summed E-state index contributed by atoms with van der Waals surface area (Å²) in [5.74, 6) is 1.73. The summed E-state index contributed by atoms with van der Waals surface area (Å²) in [4.78, 5) is 0. The summed E-state index contributed by atoms with van der Waals surface area (Å²) in [6.07, 6.45) is 4.93. The quantitative estimate of drug-likeness (QED) is 0.865. The fraction of sp³-hybridized carbons (Fsp3) is 0.667. The third-order valence-corrected chi connectivity index (χ3v) is 4.40. The molecule has 0 heterocycles. The van der Waals surface area contributed by atoms with Gasteiger partial charge in [0.1, 0.15) is 5.75 Å². The first-order valence-corrected chi connectivity index (χ1v) is 7.92. The van der Waals surface area contributed by atoms with Crippen LogP contribution in [-0.2, 0) is 0 Å². The second-order valence-electron chi connectivity index (χ2n) is 7.24. The van der Waals surface area contributed by atoms with Crippen LogP contribution in [0.3, 0.4) is 0 Å². The molecule has 20 heavy (non-hydrogen) atoms. The van der Waals surface area contributed by atoms with E-state index in [2.05, 4.69) is 52.0 Å².